The van der Waals surface area contributed by atoms with Crippen LogP contribution in [0, 0.1) is 5.82 Å². The lowest BCUT2D eigenvalue weighted by atomic mass is 10.3. The standard InChI is InChI=1S/C16H19FN4O2/c1-11(23-13-7-5-4-6-12(13)17)16(22)19-10-14-18-9-8-15(20-14)21(2)3/h4-9,11H,10H2,1-3H3,(H,19,22). The molecule has 0 aliphatic heterocycles. The van der Waals surface area contributed by atoms with E-state index in [0.717, 1.165) is 5.82 Å². The molecule has 0 spiro atoms. The minimum atomic E-state index is -0.830. The first kappa shape index (κ1) is 16.7. The van der Waals surface area contributed by atoms with Crippen LogP contribution >= 0.6 is 0 Å². The number of carbonyl (C=O) groups is 1. The average molecular weight is 318 g/mol. The predicted molar refractivity (Wildman–Crippen MR) is 84.7 cm³/mol. The summed E-state index contributed by atoms with van der Waals surface area (Å²) in [6.45, 7) is 1.73. The maximum Gasteiger partial charge on any atom is 0.261 e. The Hall–Kier alpha value is -2.70. The summed E-state index contributed by atoms with van der Waals surface area (Å²) in [5, 5.41) is 2.67. The van der Waals surface area contributed by atoms with Gasteiger partial charge in [-0.1, -0.05) is 12.1 Å². The molecule has 1 aromatic carbocycles. The van der Waals surface area contributed by atoms with E-state index in [9.17, 15) is 9.18 Å². The number of ether oxygens (including phenoxy) is 1. The number of nitrogens with one attached hydrogen (secondary N) is 1. The van der Waals surface area contributed by atoms with E-state index in [2.05, 4.69) is 15.3 Å². The van der Waals surface area contributed by atoms with E-state index in [0.29, 0.717) is 5.82 Å². The third-order valence-corrected chi connectivity index (χ3v) is 3.08. The van der Waals surface area contributed by atoms with Crippen molar-refractivity contribution in [3.8, 4) is 5.75 Å². The number of amides is 1. The van der Waals surface area contributed by atoms with Gasteiger partial charge in [0.25, 0.3) is 5.91 Å². The highest BCUT2D eigenvalue weighted by Gasteiger charge is 2.16. The fraction of sp³-hybridized carbons (Fsp3) is 0.312. The SMILES string of the molecule is CC(Oc1ccccc1F)C(=O)NCc1nccc(N(C)C)n1. The van der Waals surface area contributed by atoms with Gasteiger partial charge in [0.15, 0.2) is 17.7 Å². The summed E-state index contributed by atoms with van der Waals surface area (Å²) in [5.41, 5.74) is 0. The van der Waals surface area contributed by atoms with Gasteiger partial charge in [0.2, 0.25) is 0 Å². The number of benzene rings is 1. The van der Waals surface area contributed by atoms with E-state index >= 15 is 0 Å². The second-order valence-corrected chi connectivity index (χ2v) is 5.13. The first-order valence-electron chi connectivity index (χ1n) is 7.15. The number of rotatable bonds is 6. The number of hydrogen-bond donors (Lipinski definition) is 1. The Balaban J connectivity index is 1.91. The van der Waals surface area contributed by atoms with Crippen molar-refractivity contribution in [2.75, 3.05) is 19.0 Å². The fourth-order valence-electron chi connectivity index (χ4n) is 1.82. The van der Waals surface area contributed by atoms with Crippen molar-refractivity contribution in [3.05, 3.63) is 48.2 Å². The molecule has 2 aromatic rings. The van der Waals surface area contributed by atoms with Gasteiger partial charge in [0.05, 0.1) is 6.54 Å². The maximum absolute atomic E-state index is 13.5. The van der Waals surface area contributed by atoms with E-state index in [-0.39, 0.29) is 18.2 Å². The Labute approximate surface area is 134 Å². The Kier molecular flexibility index (Phi) is 5.46. The van der Waals surface area contributed by atoms with Crippen molar-refractivity contribution in [3.63, 3.8) is 0 Å². The molecule has 0 saturated heterocycles. The normalized spacial score (nSPS) is 11.7. The molecular formula is C16H19FN4O2. The van der Waals surface area contributed by atoms with Crippen molar-refractivity contribution in [1.82, 2.24) is 15.3 Å². The van der Waals surface area contributed by atoms with Gasteiger partial charge >= 0.3 is 0 Å². The van der Waals surface area contributed by atoms with Crippen LogP contribution in [0.1, 0.15) is 12.7 Å². The highest BCUT2D eigenvalue weighted by atomic mass is 19.1. The second-order valence-electron chi connectivity index (χ2n) is 5.13. The zero-order valence-electron chi connectivity index (χ0n) is 13.3. The van der Waals surface area contributed by atoms with Crippen LogP contribution in [0.2, 0.25) is 0 Å². The smallest absolute Gasteiger partial charge is 0.261 e. The third kappa shape index (κ3) is 4.64. The largest absolute Gasteiger partial charge is 0.478 e. The fourth-order valence-corrected chi connectivity index (χ4v) is 1.82. The van der Waals surface area contributed by atoms with Crippen molar-refractivity contribution in [1.29, 1.82) is 0 Å². The number of halogens is 1. The molecule has 7 heteroatoms. The molecule has 6 nitrogen and oxygen atoms in total. The van der Waals surface area contributed by atoms with E-state index < -0.39 is 11.9 Å². The van der Waals surface area contributed by atoms with Gasteiger partial charge in [-0.15, -0.1) is 0 Å². The minimum Gasteiger partial charge on any atom is -0.478 e. The maximum atomic E-state index is 13.5. The number of nitrogens with zero attached hydrogens (tertiary/aromatic N) is 3. The van der Waals surface area contributed by atoms with Crippen LogP contribution in [0.25, 0.3) is 0 Å². The number of anilines is 1. The molecule has 0 aliphatic rings. The second kappa shape index (κ2) is 7.53. The van der Waals surface area contributed by atoms with Crippen LogP contribution in [0.4, 0.5) is 10.2 Å². The Morgan fingerprint density at radius 1 is 1.35 bits per heavy atom. The van der Waals surface area contributed by atoms with Crippen LogP contribution in [0.15, 0.2) is 36.5 Å². The molecule has 0 fully saturated rings. The van der Waals surface area contributed by atoms with Gasteiger partial charge in [-0.2, -0.15) is 0 Å². The van der Waals surface area contributed by atoms with Crippen molar-refractivity contribution < 1.29 is 13.9 Å². The minimum absolute atomic E-state index is 0.0426. The Morgan fingerprint density at radius 3 is 2.78 bits per heavy atom. The topological polar surface area (TPSA) is 67.3 Å². The molecule has 0 saturated carbocycles. The van der Waals surface area contributed by atoms with Crippen LogP contribution in [0.3, 0.4) is 0 Å². The van der Waals surface area contributed by atoms with Gasteiger partial charge < -0.3 is 15.0 Å². The summed E-state index contributed by atoms with van der Waals surface area (Å²) in [6.07, 6.45) is 0.798. The Morgan fingerprint density at radius 2 is 2.09 bits per heavy atom. The van der Waals surface area contributed by atoms with Crippen molar-refractivity contribution in [2.24, 2.45) is 0 Å². The van der Waals surface area contributed by atoms with E-state index in [1.54, 1.807) is 31.3 Å². The molecule has 1 heterocycles. The highest BCUT2D eigenvalue weighted by Crippen LogP contribution is 2.17. The molecule has 1 aromatic heterocycles. The molecule has 1 atom stereocenters. The van der Waals surface area contributed by atoms with Crippen LogP contribution < -0.4 is 15.0 Å². The van der Waals surface area contributed by atoms with Crippen LogP contribution in [-0.2, 0) is 11.3 Å². The van der Waals surface area contributed by atoms with Crippen LogP contribution in [0.5, 0.6) is 5.75 Å². The van der Waals surface area contributed by atoms with Gasteiger partial charge in [-0.05, 0) is 25.1 Å². The number of carbonyl (C=O) groups excluding carboxylic acids is 1. The van der Waals surface area contributed by atoms with Gasteiger partial charge in [0.1, 0.15) is 11.6 Å². The summed E-state index contributed by atoms with van der Waals surface area (Å²) in [7, 11) is 3.74. The molecular weight excluding hydrogens is 299 g/mol. The lowest BCUT2D eigenvalue weighted by Gasteiger charge is -2.15. The average Bonchev–Trinajstić information content (AvgIpc) is 2.55. The van der Waals surface area contributed by atoms with E-state index in [1.165, 1.54) is 12.1 Å². The summed E-state index contributed by atoms with van der Waals surface area (Å²) in [5.74, 6) is 0.407. The summed E-state index contributed by atoms with van der Waals surface area (Å²) in [6, 6.07) is 7.73. The molecule has 122 valence electrons. The zero-order valence-corrected chi connectivity index (χ0v) is 13.3. The predicted octanol–water partition coefficient (Wildman–Crippen LogP) is 1.77. The first-order chi connectivity index (χ1) is 11.0. The van der Waals surface area contributed by atoms with E-state index in [4.69, 9.17) is 4.74 Å². The molecule has 0 bridgehead atoms. The monoisotopic (exact) mass is 318 g/mol. The molecule has 0 radical (unpaired) electrons. The molecule has 1 amide bonds. The van der Waals surface area contributed by atoms with E-state index in [1.807, 2.05) is 19.0 Å². The first-order valence-corrected chi connectivity index (χ1v) is 7.15. The number of hydrogen-bond acceptors (Lipinski definition) is 5. The number of para-hydroxylation sites is 1. The zero-order chi connectivity index (χ0) is 16.8. The van der Waals surface area contributed by atoms with Gasteiger partial charge in [-0.25, -0.2) is 14.4 Å². The molecule has 23 heavy (non-hydrogen) atoms. The van der Waals surface area contributed by atoms with Gasteiger partial charge in [0, 0.05) is 20.3 Å². The lowest BCUT2D eigenvalue weighted by molar-refractivity contribution is -0.127. The van der Waals surface area contributed by atoms with Crippen molar-refractivity contribution in [2.45, 2.75) is 19.6 Å². The highest BCUT2D eigenvalue weighted by molar-refractivity contribution is 5.80. The third-order valence-electron chi connectivity index (χ3n) is 3.08. The van der Waals surface area contributed by atoms with Crippen molar-refractivity contribution >= 4 is 11.7 Å². The molecule has 1 N–H and O–H groups in total. The summed E-state index contributed by atoms with van der Waals surface area (Å²) < 4.78 is 18.8. The Bertz CT molecular complexity index is 679. The van der Waals surface area contributed by atoms with Crippen LogP contribution in [-0.4, -0.2) is 36.1 Å². The molecule has 0 aliphatic carbocycles. The lowest BCUT2D eigenvalue weighted by Crippen LogP contribution is -2.36. The number of aromatic nitrogens is 2. The summed E-state index contributed by atoms with van der Waals surface area (Å²) >= 11 is 0. The summed E-state index contributed by atoms with van der Waals surface area (Å²) in [4.78, 5) is 22.3. The molecule has 2 rings (SSSR count). The van der Waals surface area contributed by atoms with Gasteiger partial charge in [-0.3, -0.25) is 4.79 Å². The molecule has 1 unspecified atom stereocenters. The quantitative estimate of drug-likeness (QED) is 0.879.